The first-order valence-electron chi connectivity index (χ1n) is 5.62. The fraction of sp³-hybridized carbons (Fsp3) is 0.500. The minimum atomic E-state index is -0.632. The van der Waals surface area contributed by atoms with E-state index in [0.717, 1.165) is 18.9 Å². The van der Waals surface area contributed by atoms with Crippen LogP contribution in [0.1, 0.15) is 12.8 Å². The van der Waals surface area contributed by atoms with Gasteiger partial charge in [0, 0.05) is 24.2 Å². The molecule has 0 heterocycles. The summed E-state index contributed by atoms with van der Waals surface area (Å²) in [7, 11) is 1.85. The Kier molecular flexibility index (Phi) is 5.86. The molecule has 0 saturated heterocycles. The van der Waals surface area contributed by atoms with E-state index in [2.05, 4.69) is 5.32 Å². The van der Waals surface area contributed by atoms with E-state index >= 15 is 0 Å². The van der Waals surface area contributed by atoms with Gasteiger partial charge in [0.05, 0.1) is 6.61 Å². The lowest BCUT2D eigenvalue weighted by atomic mass is 10.1. The van der Waals surface area contributed by atoms with E-state index in [0.29, 0.717) is 13.2 Å². The van der Waals surface area contributed by atoms with Gasteiger partial charge in [-0.1, -0.05) is 0 Å². The first-order valence-corrected chi connectivity index (χ1v) is 5.62. The second-order valence-electron chi connectivity index (χ2n) is 3.81. The normalized spacial score (nSPS) is 12.5. The molecule has 17 heavy (non-hydrogen) atoms. The summed E-state index contributed by atoms with van der Waals surface area (Å²) in [5, 5.41) is 3.10. The van der Waals surface area contributed by atoms with Gasteiger partial charge in [-0.15, -0.1) is 0 Å². The Morgan fingerprint density at radius 1 is 1.24 bits per heavy atom. The average Bonchev–Trinajstić information content (AvgIpc) is 2.26. The third-order valence-corrected chi connectivity index (χ3v) is 2.49. The lowest BCUT2D eigenvalue weighted by Crippen LogP contribution is -2.29. The average molecular weight is 244 g/mol. The van der Waals surface area contributed by atoms with Crippen molar-refractivity contribution in [3.8, 4) is 5.75 Å². The van der Waals surface area contributed by atoms with Crippen molar-refractivity contribution < 1.29 is 13.5 Å². The number of nitrogens with two attached hydrogens (primary N) is 1. The van der Waals surface area contributed by atoms with Crippen molar-refractivity contribution in [3.05, 3.63) is 29.8 Å². The van der Waals surface area contributed by atoms with Crippen LogP contribution in [0.5, 0.6) is 5.75 Å². The number of nitrogens with one attached hydrogen (secondary N) is 1. The molecule has 96 valence electrons. The molecule has 0 spiro atoms. The predicted octanol–water partition coefficient (Wildman–Crippen LogP) is 1.67. The van der Waals surface area contributed by atoms with Crippen molar-refractivity contribution in [1.29, 1.82) is 0 Å². The van der Waals surface area contributed by atoms with Crippen molar-refractivity contribution in [2.45, 2.75) is 18.9 Å². The summed E-state index contributed by atoms with van der Waals surface area (Å²) in [5.74, 6) is -1.05. The minimum absolute atomic E-state index is 0.213. The molecule has 0 aliphatic heterocycles. The largest absolute Gasteiger partial charge is 0.493 e. The Balaban J connectivity index is 2.39. The Bertz CT molecular complexity index is 327. The molecule has 0 aliphatic rings. The maximum atomic E-state index is 12.9. The summed E-state index contributed by atoms with van der Waals surface area (Å²) in [6.07, 6.45) is 1.59. The van der Waals surface area contributed by atoms with E-state index in [1.165, 1.54) is 12.1 Å². The standard InChI is InChI=1S/C12H18F2N2O/c1-16-11(2-4-15)3-5-17-12-7-9(13)6-10(14)8-12/h6-8,11,16H,2-5,15H2,1H3. The zero-order chi connectivity index (χ0) is 12.7. The van der Waals surface area contributed by atoms with Crippen LogP contribution in [-0.2, 0) is 0 Å². The van der Waals surface area contributed by atoms with E-state index < -0.39 is 11.6 Å². The van der Waals surface area contributed by atoms with E-state index in [-0.39, 0.29) is 11.8 Å². The zero-order valence-corrected chi connectivity index (χ0v) is 9.88. The molecule has 3 nitrogen and oxygen atoms in total. The molecule has 1 atom stereocenters. The molecule has 0 aliphatic carbocycles. The maximum absolute atomic E-state index is 12.9. The van der Waals surface area contributed by atoms with Gasteiger partial charge in [0.15, 0.2) is 0 Å². The van der Waals surface area contributed by atoms with Gasteiger partial charge in [0.25, 0.3) is 0 Å². The van der Waals surface area contributed by atoms with E-state index in [1.807, 2.05) is 7.05 Å². The lowest BCUT2D eigenvalue weighted by molar-refractivity contribution is 0.283. The first-order chi connectivity index (χ1) is 8.15. The van der Waals surface area contributed by atoms with Crippen molar-refractivity contribution in [2.24, 2.45) is 5.73 Å². The molecule has 0 fully saturated rings. The van der Waals surface area contributed by atoms with Crippen molar-refractivity contribution >= 4 is 0 Å². The third-order valence-electron chi connectivity index (χ3n) is 2.49. The van der Waals surface area contributed by atoms with Gasteiger partial charge < -0.3 is 15.8 Å². The van der Waals surface area contributed by atoms with E-state index in [4.69, 9.17) is 10.5 Å². The molecule has 0 aromatic heterocycles. The number of ether oxygens (including phenoxy) is 1. The summed E-state index contributed by atoms with van der Waals surface area (Å²) < 4.78 is 31.0. The van der Waals surface area contributed by atoms with Gasteiger partial charge in [-0.25, -0.2) is 8.78 Å². The number of benzene rings is 1. The topological polar surface area (TPSA) is 47.3 Å². The van der Waals surface area contributed by atoms with Crippen LogP contribution in [0, 0.1) is 11.6 Å². The van der Waals surface area contributed by atoms with Gasteiger partial charge in [-0.05, 0) is 26.4 Å². The van der Waals surface area contributed by atoms with Crippen LogP contribution in [0.25, 0.3) is 0 Å². The molecule has 0 amide bonds. The third kappa shape index (κ3) is 5.10. The van der Waals surface area contributed by atoms with Crippen LogP contribution in [0.2, 0.25) is 0 Å². The molecule has 5 heteroatoms. The summed E-state index contributed by atoms with van der Waals surface area (Å²) in [6.45, 7) is 0.995. The maximum Gasteiger partial charge on any atom is 0.129 e. The number of rotatable bonds is 7. The minimum Gasteiger partial charge on any atom is -0.493 e. The molecule has 0 radical (unpaired) electrons. The van der Waals surface area contributed by atoms with Gasteiger partial charge in [-0.3, -0.25) is 0 Å². The molecule has 3 N–H and O–H groups in total. The smallest absolute Gasteiger partial charge is 0.129 e. The van der Waals surface area contributed by atoms with Gasteiger partial charge in [0.1, 0.15) is 17.4 Å². The lowest BCUT2D eigenvalue weighted by Gasteiger charge is -2.15. The van der Waals surface area contributed by atoms with Crippen LogP contribution in [0.15, 0.2) is 18.2 Å². The SMILES string of the molecule is CNC(CCN)CCOc1cc(F)cc(F)c1. The quantitative estimate of drug-likeness (QED) is 0.767. The molecule has 1 aromatic rings. The highest BCUT2D eigenvalue weighted by Gasteiger charge is 2.06. The second-order valence-corrected chi connectivity index (χ2v) is 3.81. The van der Waals surface area contributed by atoms with Crippen molar-refractivity contribution in [2.75, 3.05) is 20.2 Å². The number of hydrogen-bond donors (Lipinski definition) is 2. The van der Waals surface area contributed by atoms with Gasteiger partial charge in [0.2, 0.25) is 0 Å². The van der Waals surface area contributed by atoms with Crippen molar-refractivity contribution in [1.82, 2.24) is 5.32 Å². The fourth-order valence-corrected chi connectivity index (χ4v) is 1.57. The predicted molar refractivity (Wildman–Crippen MR) is 63.0 cm³/mol. The molecular weight excluding hydrogens is 226 g/mol. The Labute approximate surface area is 100.0 Å². The van der Waals surface area contributed by atoms with Crippen LogP contribution in [0.4, 0.5) is 8.78 Å². The highest BCUT2D eigenvalue weighted by Crippen LogP contribution is 2.15. The summed E-state index contributed by atoms with van der Waals surface area (Å²) in [6, 6.07) is 3.41. The van der Waals surface area contributed by atoms with E-state index in [1.54, 1.807) is 0 Å². The molecular formula is C12H18F2N2O. The van der Waals surface area contributed by atoms with Crippen LogP contribution >= 0.6 is 0 Å². The zero-order valence-electron chi connectivity index (χ0n) is 9.88. The number of halogens is 2. The van der Waals surface area contributed by atoms with Crippen LogP contribution < -0.4 is 15.8 Å². The molecule has 1 rings (SSSR count). The summed E-state index contributed by atoms with van der Waals surface area (Å²) in [5.41, 5.74) is 5.45. The highest BCUT2D eigenvalue weighted by atomic mass is 19.1. The van der Waals surface area contributed by atoms with Gasteiger partial charge >= 0.3 is 0 Å². The Hall–Kier alpha value is -1.20. The van der Waals surface area contributed by atoms with Crippen LogP contribution in [0.3, 0.4) is 0 Å². The van der Waals surface area contributed by atoms with Crippen LogP contribution in [-0.4, -0.2) is 26.2 Å². The Morgan fingerprint density at radius 3 is 2.41 bits per heavy atom. The Morgan fingerprint density at radius 2 is 1.88 bits per heavy atom. The number of hydrogen-bond acceptors (Lipinski definition) is 3. The summed E-state index contributed by atoms with van der Waals surface area (Å²) >= 11 is 0. The second kappa shape index (κ2) is 7.19. The summed E-state index contributed by atoms with van der Waals surface area (Å²) in [4.78, 5) is 0. The first kappa shape index (κ1) is 13.9. The molecule has 0 saturated carbocycles. The van der Waals surface area contributed by atoms with Gasteiger partial charge in [-0.2, -0.15) is 0 Å². The molecule has 1 unspecified atom stereocenters. The highest BCUT2D eigenvalue weighted by molar-refractivity contribution is 5.23. The fourth-order valence-electron chi connectivity index (χ4n) is 1.57. The monoisotopic (exact) mass is 244 g/mol. The molecule has 0 bridgehead atoms. The molecule has 1 aromatic carbocycles. The van der Waals surface area contributed by atoms with E-state index in [9.17, 15) is 8.78 Å². The van der Waals surface area contributed by atoms with Crippen molar-refractivity contribution in [3.63, 3.8) is 0 Å².